The lowest BCUT2D eigenvalue weighted by Gasteiger charge is -2.27. The van der Waals surface area contributed by atoms with Crippen molar-refractivity contribution in [3.63, 3.8) is 0 Å². The molecule has 184 valence electrons. The highest BCUT2D eigenvalue weighted by molar-refractivity contribution is 6.32. The van der Waals surface area contributed by atoms with E-state index in [-0.39, 0.29) is 17.7 Å². The van der Waals surface area contributed by atoms with Gasteiger partial charge in [-0.25, -0.2) is 4.98 Å². The Morgan fingerprint density at radius 3 is 2.97 bits per heavy atom. The van der Waals surface area contributed by atoms with Crippen LogP contribution in [0.1, 0.15) is 41.2 Å². The van der Waals surface area contributed by atoms with Crippen molar-refractivity contribution >= 4 is 40.6 Å². The molecule has 4 N–H and O–H groups in total. The lowest BCUT2D eigenvalue weighted by Crippen LogP contribution is -2.37. The maximum atomic E-state index is 13.2. The van der Waals surface area contributed by atoms with Crippen LogP contribution in [0, 0.1) is 0 Å². The zero-order valence-electron chi connectivity index (χ0n) is 19.5. The highest BCUT2D eigenvalue weighted by Crippen LogP contribution is 2.47. The number of benzene rings is 1. The van der Waals surface area contributed by atoms with Crippen molar-refractivity contribution in [2.75, 3.05) is 24.3 Å². The third-order valence-corrected chi connectivity index (χ3v) is 7.05. The van der Waals surface area contributed by atoms with Gasteiger partial charge in [0.05, 0.1) is 34.8 Å². The largest absolute Gasteiger partial charge is 0.493 e. The van der Waals surface area contributed by atoms with Crippen LogP contribution < -0.4 is 25.4 Å². The van der Waals surface area contributed by atoms with E-state index in [9.17, 15) is 9.59 Å². The first-order chi connectivity index (χ1) is 17.5. The van der Waals surface area contributed by atoms with E-state index in [1.54, 1.807) is 19.4 Å². The highest BCUT2D eigenvalue weighted by Gasteiger charge is 2.36. The van der Waals surface area contributed by atoms with Crippen LogP contribution in [0.3, 0.4) is 0 Å². The number of pyridine rings is 1. The third-order valence-electron chi connectivity index (χ3n) is 6.75. The SMILES string of the molecule is COc1c(Cl)cccc1Nc1c2[nH]c3c1C(=O)NC[C@@H]3C/C=C\CC[C@H]1Oc3c-2ccnc3NC1=O. The van der Waals surface area contributed by atoms with Gasteiger partial charge in [0.2, 0.25) is 0 Å². The first kappa shape index (κ1) is 22.5. The average molecular weight is 506 g/mol. The Morgan fingerprint density at radius 2 is 2.11 bits per heavy atom. The van der Waals surface area contributed by atoms with E-state index in [0.29, 0.717) is 69.9 Å². The number of carbonyl (C=O) groups excluding carboxylic acids is 2. The smallest absolute Gasteiger partial charge is 0.266 e. The fourth-order valence-corrected chi connectivity index (χ4v) is 5.26. The summed E-state index contributed by atoms with van der Waals surface area (Å²) < 4.78 is 11.8. The minimum Gasteiger partial charge on any atom is -0.493 e. The summed E-state index contributed by atoms with van der Waals surface area (Å²) in [6.45, 7) is 0.518. The van der Waals surface area contributed by atoms with E-state index >= 15 is 0 Å². The van der Waals surface area contributed by atoms with Crippen LogP contribution in [0.4, 0.5) is 17.2 Å². The van der Waals surface area contributed by atoms with Gasteiger partial charge in [-0.2, -0.15) is 0 Å². The number of para-hydroxylation sites is 1. The third kappa shape index (κ3) is 3.67. The van der Waals surface area contributed by atoms with E-state index in [2.05, 4.69) is 38.1 Å². The van der Waals surface area contributed by atoms with Gasteiger partial charge in [-0.1, -0.05) is 29.8 Å². The van der Waals surface area contributed by atoms with Crippen LogP contribution in [0.25, 0.3) is 11.3 Å². The summed E-state index contributed by atoms with van der Waals surface area (Å²) in [7, 11) is 1.54. The Balaban J connectivity index is 1.60. The number of carbonyl (C=O) groups is 2. The van der Waals surface area contributed by atoms with Gasteiger partial charge in [0.15, 0.2) is 23.4 Å². The van der Waals surface area contributed by atoms with Gasteiger partial charge in [-0.3, -0.25) is 9.59 Å². The average Bonchev–Trinajstić information content (AvgIpc) is 3.25. The highest BCUT2D eigenvalue weighted by atomic mass is 35.5. The lowest BCUT2D eigenvalue weighted by atomic mass is 9.93. The second kappa shape index (κ2) is 8.91. The van der Waals surface area contributed by atoms with Crippen molar-refractivity contribution < 1.29 is 19.1 Å². The van der Waals surface area contributed by atoms with Crippen molar-refractivity contribution in [3.8, 4) is 22.8 Å². The summed E-state index contributed by atoms with van der Waals surface area (Å²) in [6, 6.07) is 7.20. The fourth-order valence-electron chi connectivity index (χ4n) is 5.01. The van der Waals surface area contributed by atoms with E-state index in [1.165, 1.54) is 0 Å². The number of aromatic nitrogens is 2. The summed E-state index contributed by atoms with van der Waals surface area (Å²) in [6.07, 6.45) is 7.10. The minimum atomic E-state index is -0.642. The zero-order valence-corrected chi connectivity index (χ0v) is 20.2. The van der Waals surface area contributed by atoms with Gasteiger partial charge in [-0.15, -0.1) is 0 Å². The zero-order chi connectivity index (χ0) is 24.8. The number of methoxy groups -OCH3 is 1. The molecule has 5 heterocycles. The van der Waals surface area contributed by atoms with Crippen molar-refractivity contribution in [1.29, 1.82) is 0 Å². The van der Waals surface area contributed by atoms with Crippen molar-refractivity contribution in [3.05, 3.63) is 58.9 Å². The molecule has 2 aromatic heterocycles. The number of rotatable bonds is 3. The Hall–Kier alpha value is -3.98. The molecule has 1 aromatic carbocycles. The molecule has 6 rings (SSSR count). The number of halogens is 1. The number of fused-ring (bicyclic) bond motifs is 3. The summed E-state index contributed by atoms with van der Waals surface area (Å²) in [5.41, 5.74) is 3.87. The molecule has 4 bridgehead atoms. The van der Waals surface area contributed by atoms with Gasteiger partial charge < -0.3 is 30.4 Å². The number of hydrogen-bond donors (Lipinski definition) is 4. The molecule has 0 radical (unpaired) electrons. The normalized spacial score (nSPS) is 21.1. The second-order valence-electron chi connectivity index (χ2n) is 8.93. The Bertz CT molecular complexity index is 1420. The van der Waals surface area contributed by atoms with E-state index in [1.807, 2.05) is 18.2 Å². The Kier molecular flexibility index (Phi) is 5.56. The van der Waals surface area contributed by atoms with Gasteiger partial charge in [0.1, 0.15) is 0 Å². The van der Waals surface area contributed by atoms with Gasteiger partial charge in [0, 0.05) is 29.9 Å². The number of ether oxygens (including phenoxy) is 2. The molecule has 3 aliphatic rings. The summed E-state index contributed by atoms with van der Waals surface area (Å²) >= 11 is 6.38. The second-order valence-corrected chi connectivity index (χ2v) is 9.34. The summed E-state index contributed by atoms with van der Waals surface area (Å²) in [5, 5.41) is 9.75. The molecule has 3 aromatic rings. The molecule has 3 aliphatic heterocycles. The minimum absolute atomic E-state index is 0.0524. The predicted molar refractivity (Wildman–Crippen MR) is 136 cm³/mol. The number of allylic oxidation sites excluding steroid dienone is 2. The number of amides is 2. The standard InChI is InChI=1S/C26H24ClN5O4/c1-35-23-15(27)7-5-8-16(23)30-21-18-19-13(12-29-26(18)34)6-3-2-4-9-17-25(33)32-24-22(36-17)14(10-11-28-24)20(21)31-19/h2-3,5,7-8,10-11,13,17,30-31H,4,6,9,12H2,1H3,(H,29,34)(H,28,32,33)/b3-2-/t13-,17+/m0/s1. The topological polar surface area (TPSA) is 117 Å². The summed E-state index contributed by atoms with van der Waals surface area (Å²) in [5.74, 6) is 0.921. The maximum absolute atomic E-state index is 13.2. The summed E-state index contributed by atoms with van der Waals surface area (Å²) in [4.78, 5) is 33.7. The molecular formula is C26H24ClN5O4. The number of aromatic amines is 1. The van der Waals surface area contributed by atoms with Crippen LogP contribution >= 0.6 is 11.6 Å². The van der Waals surface area contributed by atoms with Crippen LogP contribution in [-0.4, -0.2) is 41.5 Å². The molecule has 10 heteroatoms. The molecule has 2 atom stereocenters. The number of nitrogens with zero attached hydrogens (tertiary/aromatic N) is 1. The molecular weight excluding hydrogens is 482 g/mol. The molecule has 0 aliphatic carbocycles. The van der Waals surface area contributed by atoms with Crippen molar-refractivity contribution in [1.82, 2.24) is 15.3 Å². The number of hydrogen-bond acceptors (Lipinski definition) is 6. The van der Waals surface area contributed by atoms with Crippen molar-refractivity contribution in [2.45, 2.75) is 31.3 Å². The van der Waals surface area contributed by atoms with Gasteiger partial charge in [0.25, 0.3) is 11.8 Å². The van der Waals surface area contributed by atoms with Crippen LogP contribution in [0.15, 0.2) is 42.6 Å². The van der Waals surface area contributed by atoms with Crippen LogP contribution in [0.2, 0.25) is 5.02 Å². The molecule has 0 saturated heterocycles. The molecule has 0 fully saturated rings. The predicted octanol–water partition coefficient (Wildman–Crippen LogP) is 4.75. The van der Waals surface area contributed by atoms with E-state index in [0.717, 1.165) is 12.1 Å². The fraction of sp³-hybridized carbons (Fsp3) is 0.269. The number of nitrogens with one attached hydrogen (secondary N) is 4. The van der Waals surface area contributed by atoms with Crippen molar-refractivity contribution in [2.24, 2.45) is 0 Å². The van der Waals surface area contributed by atoms with Crippen LogP contribution in [-0.2, 0) is 4.79 Å². The van der Waals surface area contributed by atoms with Gasteiger partial charge >= 0.3 is 0 Å². The number of H-pyrrole nitrogens is 1. The molecule has 36 heavy (non-hydrogen) atoms. The molecule has 0 unspecified atom stereocenters. The first-order valence-corrected chi connectivity index (χ1v) is 12.2. The molecule has 2 amide bonds. The molecule has 0 saturated carbocycles. The Morgan fingerprint density at radius 1 is 1.22 bits per heavy atom. The maximum Gasteiger partial charge on any atom is 0.266 e. The number of anilines is 3. The molecule has 0 spiro atoms. The molecule has 9 nitrogen and oxygen atoms in total. The lowest BCUT2D eigenvalue weighted by molar-refractivity contribution is -0.123. The van der Waals surface area contributed by atoms with Gasteiger partial charge in [-0.05, 0) is 37.5 Å². The monoisotopic (exact) mass is 505 g/mol. The Labute approximate surface area is 212 Å². The van der Waals surface area contributed by atoms with E-state index < -0.39 is 6.10 Å². The van der Waals surface area contributed by atoms with Crippen LogP contribution in [0.5, 0.6) is 11.5 Å². The quantitative estimate of drug-likeness (QED) is 0.382. The first-order valence-electron chi connectivity index (χ1n) is 11.8. The van der Waals surface area contributed by atoms with E-state index in [4.69, 9.17) is 21.1 Å².